The highest BCUT2D eigenvalue weighted by Gasteiger charge is 2.45. The van der Waals surface area contributed by atoms with Gasteiger partial charge in [-0.25, -0.2) is 0 Å². The molecule has 0 saturated heterocycles. The maximum Gasteiger partial charge on any atom is 0.312 e. The topological polar surface area (TPSA) is 72.8 Å². The summed E-state index contributed by atoms with van der Waals surface area (Å²) >= 11 is 0. The average Bonchev–Trinajstić information content (AvgIpc) is 2.58. The number of aliphatic hydroxyl groups is 1. The lowest BCUT2D eigenvalue weighted by Crippen LogP contribution is -2.44. The number of aryl methyl sites for hydroxylation is 1. The van der Waals surface area contributed by atoms with Crippen LogP contribution in [0.2, 0.25) is 0 Å². The Morgan fingerprint density at radius 3 is 2.48 bits per heavy atom. The van der Waals surface area contributed by atoms with Gasteiger partial charge in [0.25, 0.3) is 0 Å². The van der Waals surface area contributed by atoms with E-state index < -0.39 is 32.3 Å². The second kappa shape index (κ2) is 10.5. The molecule has 1 rings (SSSR count). The molecule has 0 aliphatic heterocycles. The summed E-state index contributed by atoms with van der Waals surface area (Å²) < 4.78 is 22.2. The molecule has 5 nitrogen and oxygen atoms in total. The summed E-state index contributed by atoms with van der Waals surface area (Å²) in [5, 5.41) is 8.24. The van der Waals surface area contributed by atoms with Gasteiger partial charge in [-0.3, -0.25) is 9.36 Å². The molecule has 0 heterocycles. The highest BCUT2D eigenvalue weighted by molar-refractivity contribution is 7.25. The van der Waals surface area contributed by atoms with Crippen molar-refractivity contribution in [1.82, 2.24) is 0 Å². The summed E-state index contributed by atoms with van der Waals surface area (Å²) in [5.41, 5.74) is 1.17. The number of benzene rings is 1. The van der Waals surface area contributed by atoms with Crippen LogP contribution in [0, 0.1) is 5.92 Å². The smallest absolute Gasteiger partial charge is 0.312 e. The van der Waals surface area contributed by atoms with Gasteiger partial charge in [0, 0.05) is 6.61 Å². The molecule has 0 amide bonds. The van der Waals surface area contributed by atoms with E-state index in [9.17, 15) is 14.5 Å². The van der Waals surface area contributed by atoms with Gasteiger partial charge in [0.15, 0.2) is 13.8 Å². The highest BCUT2D eigenvalue weighted by Crippen LogP contribution is 2.37. The van der Waals surface area contributed by atoms with E-state index in [1.165, 1.54) is 5.56 Å². The van der Waals surface area contributed by atoms with Gasteiger partial charge < -0.3 is 14.6 Å². The minimum Gasteiger partial charge on any atom is -0.466 e. The first-order valence-electron chi connectivity index (χ1n) is 7.93. The fourth-order valence-corrected chi connectivity index (χ4v) is 3.15. The summed E-state index contributed by atoms with van der Waals surface area (Å²) in [4.78, 5) is 12.3. The third-order valence-corrected chi connectivity index (χ3v) is 4.58. The number of hydrogen-bond acceptors (Lipinski definition) is 5. The minimum atomic E-state index is -1.43. The van der Waals surface area contributed by atoms with Crippen LogP contribution in [-0.4, -0.2) is 36.2 Å². The Bertz CT molecular complexity index is 479. The van der Waals surface area contributed by atoms with Crippen LogP contribution in [0.4, 0.5) is 0 Å². The molecule has 1 aromatic carbocycles. The standard InChI is InChI=1S/C17H25O5P/c1-3-21-16(19)15(17(13-18,23-20)22-4-2)12-8-11-14-9-6-5-7-10-14/h5-7,9-10,15,18H,3-4,8,11-13H2,1-2H3. The van der Waals surface area contributed by atoms with Crippen LogP contribution >= 0.6 is 8.46 Å². The first-order valence-corrected chi connectivity index (χ1v) is 8.74. The molecule has 2 unspecified atom stereocenters. The lowest BCUT2D eigenvalue weighted by molar-refractivity contribution is -0.159. The largest absolute Gasteiger partial charge is 0.466 e. The van der Waals surface area contributed by atoms with Gasteiger partial charge in [0.2, 0.25) is 0 Å². The first kappa shape index (κ1) is 19.8. The summed E-state index contributed by atoms with van der Waals surface area (Å²) in [6.07, 6.45) is 1.93. The zero-order valence-corrected chi connectivity index (χ0v) is 14.6. The Balaban J connectivity index is 2.82. The molecule has 128 valence electrons. The van der Waals surface area contributed by atoms with Gasteiger partial charge in [0.05, 0.1) is 19.1 Å². The molecule has 0 radical (unpaired) electrons. The lowest BCUT2D eigenvalue weighted by atomic mass is 9.94. The average molecular weight is 340 g/mol. The molecule has 0 bridgehead atoms. The second-order valence-electron chi connectivity index (χ2n) is 5.21. The van der Waals surface area contributed by atoms with Crippen molar-refractivity contribution in [1.29, 1.82) is 0 Å². The third kappa shape index (κ3) is 5.69. The number of esters is 1. The monoisotopic (exact) mass is 340 g/mol. The van der Waals surface area contributed by atoms with Crippen LogP contribution < -0.4 is 0 Å². The van der Waals surface area contributed by atoms with Crippen LogP contribution in [0.15, 0.2) is 30.3 Å². The summed E-state index contributed by atoms with van der Waals surface area (Å²) in [7, 11) is -0.407. The van der Waals surface area contributed by atoms with E-state index in [0.717, 1.165) is 6.42 Å². The van der Waals surface area contributed by atoms with E-state index in [1.807, 2.05) is 30.3 Å². The third-order valence-electron chi connectivity index (χ3n) is 3.69. The summed E-state index contributed by atoms with van der Waals surface area (Å²) in [6.45, 7) is 3.44. The number of carbonyl (C=O) groups is 1. The SMILES string of the molecule is CCOC(=O)C(CCCc1ccccc1)C(CO)(OCC)P=O. The van der Waals surface area contributed by atoms with Crippen LogP contribution in [0.5, 0.6) is 0 Å². The van der Waals surface area contributed by atoms with Crippen LogP contribution in [0.3, 0.4) is 0 Å². The van der Waals surface area contributed by atoms with Crippen molar-refractivity contribution in [3.05, 3.63) is 35.9 Å². The van der Waals surface area contributed by atoms with Gasteiger partial charge >= 0.3 is 5.97 Å². The number of aliphatic hydroxyl groups excluding tert-OH is 1. The Morgan fingerprint density at radius 2 is 1.96 bits per heavy atom. The molecule has 0 aliphatic rings. The first-order chi connectivity index (χ1) is 11.1. The van der Waals surface area contributed by atoms with E-state index >= 15 is 0 Å². The van der Waals surface area contributed by atoms with Crippen molar-refractivity contribution in [2.45, 2.75) is 38.5 Å². The Morgan fingerprint density at radius 1 is 1.26 bits per heavy atom. The van der Waals surface area contributed by atoms with E-state index in [4.69, 9.17) is 9.47 Å². The molecule has 23 heavy (non-hydrogen) atoms. The van der Waals surface area contributed by atoms with E-state index in [1.54, 1.807) is 13.8 Å². The van der Waals surface area contributed by atoms with Crippen molar-refractivity contribution >= 4 is 14.4 Å². The van der Waals surface area contributed by atoms with Crippen molar-refractivity contribution in [2.75, 3.05) is 19.8 Å². The quantitative estimate of drug-likeness (QED) is 0.495. The second-order valence-corrected chi connectivity index (χ2v) is 6.15. The van der Waals surface area contributed by atoms with Gasteiger partial charge in [-0.15, -0.1) is 0 Å². The Labute approximate surface area is 139 Å². The Hall–Kier alpha value is -1.29. The fraction of sp³-hybridized carbons (Fsp3) is 0.588. The number of carbonyl (C=O) groups excluding carboxylic acids is 1. The lowest BCUT2D eigenvalue weighted by Gasteiger charge is -2.31. The molecule has 0 fully saturated rings. The van der Waals surface area contributed by atoms with E-state index in [0.29, 0.717) is 12.8 Å². The maximum atomic E-state index is 12.3. The van der Waals surface area contributed by atoms with Gasteiger partial charge in [-0.05, 0) is 38.7 Å². The molecule has 6 heteroatoms. The van der Waals surface area contributed by atoms with E-state index in [2.05, 4.69) is 0 Å². The van der Waals surface area contributed by atoms with Crippen LogP contribution in [-0.2, 0) is 25.3 Å². The number of ether oxygens (including phenoxy) is 2. The molecule has 0 saturated carbocycles. The van der Waals surface area contributed by atoms with Gasteiger partial charge in [-0.1, -0.05) is 30.3 Å². The molecule has 2 atom stereocenters. The molecule has 0 aliphatic carbocycles. The zero-order valence-electron chi connectivity index (χ0n) is 13.7. The van der Waals surface area contributed by atoms with Crippen LogP contribution in [0.25, 0.3) is 0 Å². The predicted octanol–water partition coefficient (Wildman–Crippen LogP) is 3.21. The summed E-state index contributed by atoms with van der Waals surface area (Å²) in [5.74, 6) is -1.25. The predicted molar refractivity (Wildman–Crippen MR) is 88.6 cm³/mol. The van der Waals surface area contributed by atoms with Crippen molar-refractivity contribution in [2.24, 2.45) is 5.92 Å². The molecular formula is C17H25O5P. The summed E-state index contributed by atoms with van der Waals surface area (Å²) in [6, 6.07) is 9.92. The molecule has 0 aromatic heterocycles. The minimum absolute atomic E-state index is 0.234. The van der Waals surface area contributed by atoms with E-state index in [-0.39, 0.29) is 13.2 Å². The van der Waals surface area contributed by atoms with Crippen LogP contribution in [0.1, 0.15) is 32.3 Å². The zero-order chi connectivity index (χ0) is 17.1. The van der Waals surface area contributed by atoms with Crippen molar-refractivity contribution in [3.8, 4) is 0 Å². The van der Waals surface area contributed by atoms with Gasteiger partial charge in [0.1, 0.15) is 0 Å². The number of rotatable bonds is 11. The normalized spacial score (nSPS) is 15.1. The van der Waals surface area contributed by atoms with Crippen molar-refractivity contribution < 1.29 is 23.9 Å². The maximum absolute atomic E-state index is 12.3. The molecular weight excluding hydrogens is 315 g/mol. The highest BCUT2D eigenvalue weighted by atomic mass is 31.1. The van der Waals surface area contributed by atoms with Crippen molar-refractivity contribution in [3.63, 3.8) is 0 Å². The molecule has 0 spiro atoms. The number of hydrogen-bond donors (Lipinski definition) is 1. The Kier molecular flexibility index (Phi) is 9.00. The molecule has 1 aromatic rings. The van der Waals surface area contributed by atoms with Gasteiger partial charge in [-0.2, -0.15) is 0 Å². The fourth-order valence-electron chi connectivity index (χ4n) is 2.55. The molecule has 1 N–H and O–H groups in total.